The van der Waals surface area contributed by atoms with Gasteiger partial charge in [-0.2, -0.15) is 14.7 Å². The minimum Gasteiger partial charge on any atom is -0.383 e. The zero-order chi connectivity index (χ0) is 15.3. The van der Waals surface area contributed by atoms with Gasteiger partial charge in [0, 0.05) is 29.3 Å². The highest BCUT2D eigenvalue weighted by molar-refractivity contribution is 9.10. The van der Waals surface area contributed by atoms with Crippen LogP contribution in [0.15, 0.2) is 23.1 Å². The zero-order valence-corrected chi connectivity index (χ0v) is 13.4. The van der Waals surface area contributed by atoms with E-state index < -0.39 is 0 Å². The van der Waals surface area contributed by atoms with Crippen molar-refractivity contribution < 1.29 is 0 Å². The molecule has 3 aromatic rings. The first-order chi connectivity index (χ1) is 10.6. The molecule has 4 rings (SSSR count). The summed E-state index contributed by atoms with van der Waals surface area (Å²) in [6.45, 7) is 0. The van der Waals surface area contributed by atoms with Crippen molar-refractivity contribution in [3.05, 3.63) is 28.8 Å². The standard InChI is InChI=1S/C14H16BrN7/c15-11-12(7-1-2-9(16)3-7)21-14-10(8-4-18-19-5-8)6-20-22(14)13(11)17/h4-7,9H,1-3,16-17H2,(H,18,19)/t7-,9?/m1/s1. The van der Waals surface area contributed by atoms with Gasteiger partial charge in [0.1, 0.15) is 5.82 Å². The lowest BCUT2D eigenvalue weighted by Gasteiger charge is -2.14. The fourth-order valence-electron chi connectivity index (χ4n) is 3.15. The number of H-pyrrole nitrogens is 1. The Labute approximate surface area is 135 Å². The predicted octanol–water partition coefficient (Wildman–Crippen LogP) is 2.06. The molecule has 22 heavy (non-hydrogen) atoms. The Morgan fingerprint density at radius 1 is 1.32 bits per heavy atom. The van der Waals surface area contributed by atoms with E-state index in [1.807, 2.05) is 6.20 Å². The molecule has 2 atom stereocenters. The maximum absolute atomic E-state index is 6.25. The molecular weight excluding hydrogens is 346 g/mol. The second-order valence-electron chi connectivity index (χ2n) is 5.75. The number of hydrogen-bond donors (Lipinski definition) is 3. The molecule has 0 bridgehead atoms. The summed E-state index contributed by atoms with van der Waals surface area (Å²) in [7, 11) is 0. The molecule has 0 saturated heterocycles. The maximum atomic E-state index is 6.25. The molecule has 3 heterocycles. The van der Waals surface area contributed by atoms with Gasteiger partial charge in [0.2, 0.25) is 0 Å². The zero-order valence-electron chi connectivity index (χ0n) is 11.8. The number of nitrogens with two attached hydrogens (primary N) is 2. The topological polar surface area (TPSA) is 111 Å². The maximum Gasteiger partial charge on any atom is 0.165 e. The summed E-state index contributed by atoms with van der Waals surface area (Å²) in [5, 5.41) is 11.2. The van der Waals surface area contributed by atoms with Crippen LogP contribution in [0.5, 0.6) is 0 Å². The smallest absolute Gasteiger partial charge is 0.165 e. The van der Waals surface area contributed by atoms with E-state index in [1.54, 1.807) is 16.9 Å². The van der Waals surface area contributed by atoms with Crippen molar-refractivity contribution in [2.24, 2.45) is 5.73 Å². The molecule has 114 valence electrons. The van der Waals surface area contributed by atoms with E-state index in [0.717, 1.165) is 46.2 Å². The van der Waals surface area contributed by atoms with Crippen LogP contribution in [0.4, 0.5) is 5.82 Å². The van der Waals surface area contributed by atoms with Crippen LogP contribution in [-0.4, -0.2) is 30.8 Å². The van der Waals surface area contributed by atoms with E-state index in [0.29, 0.717) is 11.7 Å². The van der Waals surface area contributed by atoms with Crippen LogP contribution in [0.25, 0.3) is 16.8 Å². The van der Waals surface area contributed by atoms with Gasteiger partial charge in [-0.25, -0.2) is 4.98 Å². The molecule has 8 heteroatoms. The average Bonchev–Trinajstić information content (AvgIpc) is 3.22. The Bertz CT molecular complexity index is 823. The summed E-state index contributed by atoms with van der Waals surface area (Å²) in [5.41, 5.74) is 15.9. The minimum absolute atomic E-state index is 0.245. The molecule has 0 aromatic carbocycles. The van der Waals surface area contributed by atoms with Crippen LogP contribution in [0.2, 0.25) is 0 Å². The highest BCUT2D eigenvalue weighted by Gasteiger charge is 2.28. The molecule has 1 unspecified atom stereocenters. The molecule has 5 N–H and O–H groups in total. The number of hydrogen-bond acceptors (Lipinski definition) is 5. The number of fused-ring (bicyclic) bond motifs is 1. The van der Waals surface area contributed by atoms with Crippen molar-refractivity contribution in [3.8, 4) is 11.1 Å². The molecular formula is C14H16BrN7. The number of halogens is 1. The number of aromatic amines is 1. The van der Waals surface area contributed by atoms with Gasteiger partial charge in [-0.05, 0) is 35.2 Å². The van der Waals surface area contributed by atoms with Gasteiger partial charge in [0.15, 0.2) is 5.65 Å². The normalized spacial score (nSPS) is 21.7. The summed E-state index contributed by atoms with van der Waals surface area (Å²) >= 11 is 3.58. The third-order valence-corrected chi connectivity index (χ3v) is 5.13. The first kappa shape index (κ1) is 13.7. The Morgan fingerprint density at radius 2 is 2.18 bits per heavy atom. The molecule has 1 aliphatic rings. The first-order valence-corrected chi connectivity index (χ1v) is 8.01. The van der Waals surface area contributed by atoms with Crippen molar-refractivity contribution in [1.82, 2.24) is 24.8 Å². The molecule has 0 radical (unpaired) electrons. The Hall–Kier alpha value is -1.93. The molecule has 0 aliphatic heterocycles. The molecule has 3 aromatic heterocycles. The van der Waals surface area contributed by atoms with Crippen LogP contribution in [0.1, 0.15) is 30.9 Å². The largest absolute Gasteiger partial charge is 0.383 e. The van der Waals surface area contributed by atoms with Crippen molar-refractivity contribution in [2.75, 3.05) is 5.73 Å². The second-order valence-corrected chi connectivity index (χ2v) is 6.54. The molecule has 0 spiro atoms. The van der Waals surface area contributed by atoms with Crippen molar-refractivity contribution >= 4 is 27.4 Å². The summed E-state index contributed by atoms with van der Waals surface area (Å²) in [6, 6.07) is 0.245. The van der Waals surface area contributed by atoms with E-state index in [1.165, 1.54) is 0 Å². The van der Waals surface area contributed by atoms with Gasteiger partial charge in [0.25, 0.3) is 0 Å². The Balaban J connectivity index is 1.91. The lowest BCUT2D eigenvalue weighted by molar-refractivity contribution is 0.658. The fraction of sp³-hybridized carbons (Fsp3) is 0.357. The van der Waals surface area contributed by atoms with Crippen LogP contribution in [-0.2, 0) is 0 Å². The third-order valence-electron chi connectivity index (χ3n) is 4.32. The van der Waals surface area contributed by atoms with Crippen molar-refractivity contribution in [1.29, 1.82) is 0 Å². The van der Waals surface area contributed by atoms with E-state index in [4.69, 9.17) is 16.5 Å². The quantitative estimate of drug-likeness (QED) is 0.646. The lowest BCUT2D eigenvalue weighted by atomic mass is 10.0. The molecule has 1 aliphatic carbocycles. The van der Waals surface area contributed by atoms with Crippen LogP contribution >= 0.6 is 15.9 Å². The van der Waals surface area contributed by atoms with Crippen LogP contribution < -0.4 is 11.5 Å². The van der Waals surface area contributed by atoms with Gasteiger partial charge in [0.05, 0.1) is 22.6 Å². The minimum atomic E-state index is 0.245. The van der Waals surface area contributed by atoms with Gasteiger partial charge < -0.3 is 11.5 Å². The van der Waals surface area contributed by atoms with E-state index in [-0.39, 0.29) is 6.04 Å². The van der Waals surface area contributed by atoms with Gasteiger partial charge in [-0.15, -0.1) is 0 Å². The number of anilines is 1. The summed E-state index contributed by atoms with van der Waals surface area (Å²) in [4.78, 5) is 4.84. The summed E-state index contributed by atoms with van der Waals surface area (Å²) in [5.74, 6) is 0.902. The first-order valence-electron chi connectivity index (χ1n) is 7.22. The van der Waals surface area contributed by atoms with Crippen molar-refractivity contribution in [3.63, 3.8) is 0 Å². The van der Waals surface area contributed by atoms with Gasteiger partial charge in [-0.3, -0.25) is 5.10 Å². The average molecular weight is 362 g/mol. The van der Waals surface area contributed by atoms with Gasteiger partial charge in [-0.1, -0.05) is 0 Å². The molecule has 1 fully saturated rings. The summed E-state index contributed by atoms with van der Waals surface area (Å²) in [6.07, 6.45) is 8.34. The highest BCUT2D eigenvalue weighted by atomic mass is 79.9. The SMILES string of the molecule is Nc1c(Br)c([C@@H]2CCC(N)C2)nc2c(-c3cn[nH]c3)cnn12. The third kappa shape index (κ3) is 2.02. The monoisotopic (exact) mass is 361 g/mol. The van der Waals surface area contributed by atoms with E-state index >= 15 is 0 Å². The van der Waals surface area contributed by atoms with E-state index in [9.17, 15) is 0 Å². The second kappa shape index (κ2) is 5.06. The van der Waals surface area contributed by atoms with Gasteiger partial charge >= 0.3 is 0 Å². The highest BCUT2D eigenvalue weighted by Crippen LogP contribution is 2.39. The summed E-state index contributed by atoms with van der Waals surface area (Å²) < 4.78 is 2.48. The number of aromatic nitrogens is 5. The molecule has 0 amide bonds. The number of rotatable bonds is 2. The number of nitrogen functional groups attached to an aromatic ring is 1. The predicted molar refractivity (Wildman–Crippen MR) is 87.2 cm³/mol. The lowest BCUT2D eigenvalue weighted by Crippen LogP contribution is -2.15. The number of nitrogens with one attached hydrogen (secondary N) is 1. The van der Waals surface area contributed by atoms with Crippen LogP contribution in [0.3, 0.4) is 0 Å². The van der Waals surface area contributed by atoms with Crippen molar-refractivity contribution in [2.45, 2.75) is 31.2 Å². The Morgan fingerprint density at radius 3 is 2.86 bits per heavy atom. The van der Waals surface area contributed by atoms with E-state index in [2.05, 4.69) is 31.2 Å². The van der Waals surface area contributed by atoms with Crippen LogP contribution in [0, 0.1) is 0 Å². The Kier molecular flexibility index (Phi) is 3.16. The molecule has 7 nitrogen and oxygen atoms in total. The fourth-order valence-corrected chi connectivity index (χ4v) is 3.73. The molecule has 1 saturated carbocycles. The number of nitrogens with zero attached hydrogens (tertiary/aromatic N) is 4.